The topological polar surface area (TPSA) is 121 Å². The fourth-order valence-corrected chi connectivity index (χ4v) is 3.94. The van der Waals surface area contributed by atoms with Crippen LogP contribution in [0, 0.1) is 5.92 Å². The van der Waals surface area contributed by atoms with E-state index in [1.807, 2.05) is 60.7 Å². The van der Waals surface area contributed by atoms with Gasteiger partial charge in [-0.05, 0) is 49.2 Å². The molecule has 4 rings (SSSR count). The molecule has 1 unspecified atom stereocenters. The smallest absolute Gasteiger partial charge is 0.228 e. The van der Waals surface area contributed by atoms with Gasteiger partial charge in [0.05, 0.1) is 12.3 Å². The number of aromatic nitrogens is 1. The minimum atomic E-state index is -0.410. The molecule has 2 amide bonds. The van der Waals surface area contributed by atoms with Gasteiger partial charge >= 0.3 is 0 Å². The molecule has 1 aliphatic rings. The predicted octanol–water partition coefficient (Wildman–Crippen LogP) is 3.83. The quantitative estimate of drug-likeness (QED) is 0.308. The van der Waals surface area contributed by atoms with Crippen LogP contribution in [0.3, 0.4) is 0 Å². The van der Waals surface area contributed by atoms with Gasteiger partial charge in [0.1, 0.15) is 5.82 Å². The Morgan fingerprint density at radius 1 is 1.06 bits per heavy atom. The van der Waals surface area contributed by atoms with Crippen LogP contribution in [-0.2, 0) is 22.6 Å². The molecule has 0 bridgehead atoms. The highest BCUT2D eigenvalue weighted by Crippen LogP contribution is 2.24. The number of nitrogens with zero attached hydrogens (tertiary/aromatic N) is 1. The van der Waals surface area contributed by atoms with Crippen molar-refractivity contribution < 1.29 is 9.59 Å². The van der Waals surface area contributed by atoms with Gasteiger partial charge in [0.15, 0.2) is 0 Å². The van der Waals surface area contributed by atoms with Crippen molar-refractivity contribution in [2.24, 2.45) is 11.7 Å². The zero-order chi connectivity index (χ0) is 23.8. The summed E-state index contributed by atoms with van der Waals surface area (Å²) in [6.45, 7) is 2.32. The first-order chi connectivity index (χ1) is 16.6. The van der Waals surface area contributed by atoms with Gasteiger partial charge in [-0.25, -0.2) is 4.98 Å². The third-order valence-electron chi connectivity index (χ3n) is 5.77. The van der Waals surface area contributed by atoms with E-state index in [2.05, 4.69) is 26.3 Å². The van der Waals surface area contributed by atoms with E-state index in [-0.39, 0.29) is 30.7 Å². The average molecular weight is 495 g/mol. The normalized spacial score (nSPS) is 14.9. The van der Waals surface area contributed by atoms with Crippen molar-refractivity contribution in [3.63, 3.8) is 0 Å². The summed E-state index contributed by atoms with van der Waals surface area (Å²) in [6, 6.07) is 19.4. The fourth-order valence-electron chi connectivity index (χ4n) is 3.94. The number of halogens is 1. The highest BCUT2D eigenvalue weighted by Gasteiger charge is 2.20. The van der Waals surface area contributed by atoms with Gasteiger partial charge in [-0.1, -0.05) is 30.3 Å². The van der Waals surface area contributed by atoms with Crippen LogP contribution >= 0.6 is 12.4 Å². The molecule has 0 radical (unpaired) electrons. The van der Waals surface area contributed by atoms with Crippen molar-refractivity contribution in [3.05, 3.63) is 78.0 Å². The number of amides is 2. The van der Waals surface area contributed by atoms with Gasteiger partial charge in [0, 0.05) is 48.0 Å². The van der Waals surface area contributed by atoms with E-state index in [9.17, 15) is 9.59 Å². The number of primary amides is 1. The van der Waals surface area contributed by atoms with Crippen molar-refractivity contribution in [1.29, 1.82) is 0 Å². The number of hydrogen-bond donors (Lipinski definition) is 5. The number of pyridine rings is 1. The van der Waals surface area contributed by atoms with E-state index in [1.54, 1.807) is 6.20 Å². The van der Waals surface area contributed by atoms with Crippen LogP contribution in [0.2, 0.25) is 0 Å². The Kier molecular flexibility index (Phi) is 9.46. The molecule has 1 aliphatic heterocycles. The maximum absolute atomic E-state index is 12.4. The Morgan fingerprint density at radius 2 is 1.80 bits per heavy atom. The molecule has 8 nitrogen and oxygen atoms in total. The molecule has 0 spiro atoms. The number of anilines is 4. The molecule has 1 aromatic heterocycles. The van der Waals surface area contributed by atoms with Gasteiger partial charge in [0.2, 0.25) is 11.8 Å². The number of benzene rings is 2. The number of nitrogens with one attached hydrogen (secondary N) is 4. The molecule has 6 N–H and O–H groups in total. The van der Waals surface area contributed by atoms with Crippen LogP contribution in [-0.4, -0.2) is 29.9 Å². The van der Waals surface area contributed by atoms with Gasteiger partial charge < -0.3 is 27.0 Å². The van der Waals surface area contributed by atoms with Crippen LogP contribution < -0.4 is 27.0 Å². The Bertz CT molecular complexity index is 1120. The summed E-state index contributed by atoms with van der Waals surface area (Å²) in [7, 11) is 0. The lowest BCUT2D eigenvalue weighted by Crippen LogP contribution is -2.37. The molecule has 9 heteroatoms. The van der Waals surface area contributed by atoms with Gasteiger partial charge in [-0.3, -0.25) is 9.59 Å². The largest absolute Gasteiger partial charge is 0.381 e. The standard InChI is InChI=1S/C26H30N6O2.ClH/c27-24(33)13-20-17-30-25(14-23(20)29-15-18-5-2-1-3-6-18)31-21-8-10-22(11-9-21)32-26(34)19-7-4-12-28-16-19;/h1-3,5-6,8-11,14,17,19,28H,4,7,12-13,15-16H2,(H2,27,33)(H,32,34)(H2,29,30,31);1H. The van der Waals surface area contributed by atoms with Crippen LogP contribution in [0.4, 0.5) is 22.9 Å². The monoisotopic (exact) mass is 494 g/mol. The zero-order valence-electron chi connectivity index (χ0n) is 19.4. The second-order valence-electron chi connectivity index (χ2n) is 8.44. The average Bonchev–Trinajstić information content (AvgIpc) is 2.86. The minimum Gasteiger partial charge on any atom is -0.381 e. The lowest BCUT2D eigenvalue weighted by molar-refractivity contribution is -0.120. The second kappa shape index (κ2) is 12.7. The fraction of sp³-hybridized carbons (Fsp3) is 0.269. The first-order valence-electron chi connectivity index (χ1n) is 11.5. The van der Waals surface area contributed by atoms with E-state index in [1.165, 1.54) is 0 Å². The second-order valence-corrected chi connectivity index (χ2v) is 8.44. The Hall–Kier alpha value is -3.62. The van der Waals surface area contributed by atoms with Crippen LogP contribution in [0.15, 0.2) is 66.9 Å². The van der Waals surface area contributed by atoms with E-state index in [4.69, 9.17) is 5.73 Å². The summed E-state index contributed by atoms with van der Waals surface area (Å²) >= 11 is 0. The summed E-state index contributed by atoms with van der Waals surface area (Å²) in [6.07, 6.45) is 3.70. The van der Waals surface area contributed by atoms with Crippen LogP contribution in [0.5, 0.6) is 0 Å². The minimum absolute atomic E-state index is 0. The van der Waals surface area contributed by atoms with Crippen molar-refractivity contribution in [2.45, 2.75) is 25.8 Å². The van der Waals surface area contributed by atoms with Crippen molar-refractivity contribution in [3.8, 4) is 0 Å². The van der Waals surface area contributed by atoms with E-state index < -0.39 is 5.91 Å². The maximum atomic E-state index is 12.4. The molecule has 1 fully saturated rings. The zero-order valence-corrected chi connectivity index (χ0v) is 20.2. The highest BCUT2D eigenvalue weighted by molar-refractivity contribution is 5.93. The number of hydrogen-bond acceptors (Lipinski definition) is 6. The van der Waals surface area contributed by atoms with Crippen LogP contribution in [0.25, 0.3) is 0 Å². The SMILES string of the molecule is Cl.NC(=O)Cc1cnc(Nc2ccc(NC(=O)C3CCCNC3)cc2)cc1NCc1ccccc1. The maximum Gasteiger partial charge on any atom is 0.228 e. The summed E-state index contributed by atoms with van der Waals surface area (Å²) in [5, 5.41) is 12.9. The third-order valence-corrected chi connectivity index (χ3v) is 5.77. The van der Waals surface area contributed by atoms with Gasteiger partial charge in [-0.2, -0.15) is 0 Å². The Balaban J connectivity index is 0.00000342. The van der Waals surface area contributed by atoms with Gasteiger partial charge in [0.25, 0.3) is 0 Å². The predicted molar refractivity (Wildman–Crippen MR) is 142 cm³/mol. The van der Waals surface area contributed by atoms with Crippen molar-refractivity contribution in [2.75, 3.05) is 29.0 Å². The lowest BCUT2D eigenvalue weighted by Gasteiger charge is -2.21. The molecular weight excluding hydrogens is 464 g/mol. The van der Waals surface area contributed by atoms with E-state index in [0.717, 1.165) is 54.1 Å². The number of piperidine rings is 1. The summed E-state index contributed by atoms with van der Waals surface area (Å²) in [5.41, 5.74) is 9.67. The molecule has 1 atom stereocenters. The molecule has 1 saturated heterocycles. The molecular formula is C26H31ClN6O2. The number of carbonyl (C=O) groups is 2. The molecule has 2 heterocycles. The first-order valence-corrected chi connectivity index (χ1v) is 11.5. The third kappa shape index (κ3) is 7.70. The Morgan fingerprint density at radius 3 is 2.49 bits per heavy atom. The van der Waals surface area contributed by atoms with Crippen LogP contribution in [0.1, 0.15) is 24.0 Å². The molecule has 184 valence electrons. The lowest BCUT2D eigenvalue weighted by atomic mass is 9.99. The Labute approximate surface area is 211 Å². The molecule has 35 heavy (non-hydrogen) atoms. The first kappa shape index (κ1) is 26.0. The van der Waals surface area contributed by atoms with Gasteiger partial charge in [-0.15, -0.1) is 12.4 Å². The summed E-state index contributed by atoms with van der Waals surface area (Å²) < 4.78 is 0. The molecule has 3 aromatic rings. The number of rotatable bonds is 9. The molecule has 2 aromatic carbocycles. The highest BCUT2D eigenvalue weighted by atomic mass is 35.5. The summed E-state index contributed by atoms with van der Waals surface area (Å²) in [5.74, 6) is 0.283. The number of carbonyl (C=O) groups excluding carboxylic acids is 2. The van der Waals surface area contributed by atoms with E-state index >= 15 is 0 Å². The molecule has 0 saturated carbocycles. The molecule has 0 aliphatic carbocycles. The number of nitrogens with two attached hydrogens (primary N) is 1. The van der Waals surface area contributed by atoms with Crippen molar-refractivity contribution in [1.82, 2.24) is 10.3 Å². The summed E-state index contributed by atoms with van der Waals surface area (Å²) in [4.78, 5) is 28.4. The van der Waals surface area contributed by atoms with E-state index in [0.29, 0.717) is 12.4 Å². The van der Waals surface area contributed by atoms with Crippen molar-refractivity contribution >= 4 is 47.1 Å².